The smallest absolute Gasteiger partial charge is 0.229 e. The standard InChI is InChI=1S/C23H28ClN4O3S/c1-14(2)31-20-12-16(5)10-11-18(20)27-23-25-13-17(24)22(28-23)26-19-8-6-7-9-21(19)32(29,30)15(3)4/h6-10,12-15H,11H2,1-5H3,(H2,25,26,27,28). The lowest BCUT2D eigenvalue weighted by atomic mass is 10.0. The third-order valence-electron chi connectivity index (χ3n) is 4.72. The maximum Gasteiger partial charge on any atom is 0.229 e. The average molecular weight is 476 g/mol. The number of rotatable bonds is 8. The van der Waals surface area contributed by atoms with Crippen LogP contribution in [0.15, 0.2) is 58.5 Å². The van der Waals surface area contributed by atoms with Gasteiger partial charge in [-0.25, -0.2) is 13.4 Å². The highest BCUT2D eigenvalue weighted by molar-refractivity contribution is 7.92. The fraction of sp³-hybridized carbons (Fsp3) is 0.348. The maximum atomic E-state index is 12.8. The van der Waals surface area contributed by atoms with Crippen LogP contribution in [0, 0.1) is 6.42 Å². The number of ether oxygens (including phenoxy) is 1. The van der Waals surface area contributed by atoms with Crippen LogP contribution in [-0.2, 0) is 14.6 Å². The first-order chi connectivity index (χ1) is 15.1. The molecule has 0 fully saturated rings. The monoisotopic (exact) mass is 475 g/mol. The van der Waals surface area contributed by atoms with Gasteiger partial charge in [0.25, 0.3) is 0 Å². The molecule has 9 heteroatoms. The van der Waals surface area contributed by atoms with E-state index in [1.807, 2.05) is 26.8 Å². The van der Waals surface area contributed by atoms with Gasteiger partial charge in [0.1, 0.15) is 10.8 Å². The van der Waals surface area contributed by atoms with E-state index >= 15 is 0 Å². The van der Waals surface area contributed by atoms with Crippen LogP contribution in [-0.4, -0.2) is 29.7 Å². The summed E-state index contributed by atoms with van der Waals surface area (Å²) in [6.07, 6.45) is 6.18. The van der Waals surface area contributed by atoms with Crippen molar-refractivity contribution in [3.05, 3.63) is 65.0 Å². The van der Waals surface area contributed by atoms with Crippen molar-refractivity contribution in [2.75, 3.05) is 10.6 Å². The molecule has 7 nitrogen and oxygen atoms in total. The van der Waals surface area contributed by atoms with Gasteiger partial charge in [-0.05, 0) is 65.7 Å². The topological polar surface area (TPSA) is 93.2 Å². The van der Waals surface area contributed by atoms with E-state index < -0.39 is 15.1 Å². The Morgan fingerprint density at radius 2 is 1.84 bits per heavy atom. The molecule has 0 spiro atoms. The first kappa shape index (κ1) is 24.1. The van der Waals surface area contributed by atoms with E-state index in [1.54, 1.807) is 38.1 Å². The minimum absolute atomic E-state index is 0.0201. The summed E-state index contributed by atoms with van der Waals surface area (Å²) in [7, 11) is -3.50. The van der Waals surface area contributed by atoms with Crippen molar-refractivity contribution in [1.29, 1.82) is 0 Å². The molecule has 171 valence electrons. The summed E-state index contributed by atoms with van der Waals surface area (Å²) in [6, 6.07) is 6.69. The Labute approximate surface area is 194 Å². The van der Waals surface area contributed by atoms with Gasteiger partial charge in [0.15, 0.2) is 15.7 Å². The van der Waals surface area contributed by atoms with Crippen molar-refractivity contribution in [3.63, 3.8) is 0 Å². The molecule has 0 saturated carbocycles. The molecule has 0 atom stereocenters. The zero-order chi connectivity index (χ0) is 23.5. The third kappa shape index (κ3) is 5.61. The summed E-state index contributed by atoms with van der Waals surface area (Å²) >= 11 is 6.32. The Balaban J connectivity index is 1.93. The predicted molar refractivity (Wildman–Crippen MR) is 129 cm³/mol. The molecular formula is C23H28ClN4O3S. The first-order valence-corrected chi connectivity index (χ1v) is 12.3. The number of allylic oxidation sites excluding steroid dienone is 3. The van der Waals surface area contributed by atoms with E-state index in [9.17, 15) is 8.42 Å². The lowest BCUT2D eigenvalue weighted by Crippen LogP contribution is -2.16. The van der Waals surface area contributed by atoms with Gasteiger partial charge in [-0.3, -0.25) is 0 Å². The number of anilines is 3. The molecule has 1 radical (unpaired) electrons. The second-order valence-electron chi connectivity index (χ2n) is 8.04. The summed E-state index contributed by atoms with van der Waals surface area (Å²) in [5, 5.41) is 5.98. The molecule has 0 bridgehead atoms. The number of hydrogen-bond donors (Lipinski definition) is 2. The quantitative estimate of drug-likeness (QED) is 0.508. The number of aromatic nitrogens is 2. The molecule has 32 heavy (non-hydrogen) atoms. The molecule has 3 rings (SSSR count). The summed E-state index contributed by atoms with van der Waals surface area (Å²) < 4.78 is 31.5. The van der Waals surface area contributed by atoms with Crippen molar-refractivity contribution in [3.8, 4) is 0 Å². The Morgan fingerprint density at radius 3 is 2.53 bits per heavy atom. The highest BCUT2D eigenvalue weighted by Crippen LogP contribution is 2.31. The van der Waals surface area contributed by atoms with E-state index in [0.717, 1.165) is 17.0 Å². The summed E-state index contributed by atoms with van der Waals surface area (Å²) in [5.74, 6) is 1.36. The molecule has 1 aliphatic carbocycles. The number of nitrogens with zero attached hydrogens (tertiary/aromatic N) is 2. The van der Waals surface area contributed by atoms with Crippen LogP contribution in [0.5, 0.6) is 0 Å². The second-order valence-corrected chi connectivity index (χ2v) is 10.9. The van der Waals surface area contributed by atoms with Gasteiger partial charge in [-0.1, -0.05) is 29.3 Å². The number of nitrogens with one attached hydrogen (secondary N) is 2. The Hall–Kier alpha value is -2.58. The average Bonchev–Trinajstić information content (AvgIpc) is 2.72. The largest absolute Gasteiger partial charge is 0.489 e. The number of hydrogen-bond acceptors (Lipinski definition) is 7. The molecule has 1 heterocycles. The van der Waals surface area contributed by atoms with E-state index in [1.165, 1.54) is 6.20 Å². The lowest BCUT2D eigenvalue weighted by Gasteiger charge is -2.21. The maximum absolute atomic E-state index is 12.8. The summed E-state index contributed by atoms with van der Waals surface area (Å²) in [5.41, 5.74) is 2.36. The number of sulfone groups is 1. The molecule has 2 N–H and O–H groups in total. The first-order valence-electron chi connectivity index (χ1n) is 10.4. The SMILES string of the molecule is CC1=CC(OC(C)C)=C(Nc2ncc(Cl)c(Nc3ccccc3S(=O)(=O)C(C)C)n2)C[CH]1. The van der Waals surface area contributed by atoms with Crippen LogP contribution >= 0.6 is 11.6 Å². The van der Waals surface area contributed by atoms with Gasteiger partial charge in [-0.2, -0.15) is 4.98 Å². The fourth-order valence-electron chi connectivity index (χ4n) is 3.04. The van der Waals surface area contributed by atoms with Crippen LogP contribution in [0.4, 0.5) is 17.5 Å². The van der Waals surface area contributed by atoms with Crippen LogP contribution in [0.2, 0.25) is 5.02 Å². The summed E-state index contributed by atoms with van der Waals surface area (Å²) in [4.78, 5) is 8.94. The van der Waals surface area contributed by atoms with Gasteiger partial charge in [0.2, 0.25) is 5.95 Å². The Bertz CT molecular complexity index is 1160. The molecule has 0 aliphatic heterocycles. The van der Waals surface area contributed by atoms with Crippen molar-refractivity contribution >= 4 is 38.9 Å². The molecule has 0 unspecified atom stereocenters. The molecule has 1 aromatic heterocycles. The minimum atomic E-state index is -3.50. The van der Waals surface area contributed by atoms with Crippen LogP contribution < -0.4 is 10.6 Å². The van der Waals surface area contributed by atoms with E-state index in [-0.39, 0.29) is 16.0 Å². The van der Waals surface area contributed by atoms with E-state index in [0.29, 0.717) is 23.9 Å². The van der Waals surface area contributed by atoms with Gasteiger partial charge >= 0.3 is 0 Å². The van der Waals surface area contributed by atoms with Crippen molar-refractivity contribution in [2.24, 2.45) is 0 Å². The number of halogens is 1. The van der Waals surface area contributed by atoms with Crippen LogP contribution in [0.25, 0.3) is 0 Å². The highest BCUT2D eigenvalue weighted by Gasteiger charge is 2.23. The number of para-hydroxylation sites is 1. The normalized spacial score (nSPS) is 14.6. The molecule has 0 amide bonds. The second kappa shape index (κ2) is 9.92. The predicted octanol–water partition coefficient (Wildman–Crippen LogP) is 5.66. The molecular weight excluding hydrogens is 448 g/mol. The van der Waals surface area contributed by atoms with Crippen LogP contribution in [0.1, 0.15) is 41.0 Å². The van der Waals surface area contributed by atoms with E-state index in [2.05, 4.69) is 27.0 Å². The van der Waals surface area contributed by atoms with Gasteiger partial charge < -0.3 is 15.4 Å². The van der Waals surface area contributed by atoms with Crippen LogP contribution in [0.3, 0.4) is 0 Å². The molecule has 1 aliphatic rings. The van der Waals surface area contributed by atoms with Crippen molar-refractivity contribution in [1.82, 2.24) is 9.97 Å². The zero-order valence-corrected chi connectivity index (χ0v) is 20.4. The van der Waals surface area contributed by atoms with Crippen molar-refractivity contribution in [2.45, 2.75) is 57.3 Å². The molecule has 0 saturated heterocycles. The third-order valence-corrected chi connectivity index (χ3v) is 7.21. The molecule has 2 aromatic rings. The lowest BCUT2D eigenvalue weighted by molar-refractivity contribution is 0.154. The van der Waals surface area contributed by atoms with Crippen molar-refractivity contribution < 1.29 is 13.2 Å². The van der Waals surface area contributed by atoms with Gasteiger partial charge in [0, 0.05) is 0 Å². The van der Waals surface area contributed by atoms with E-state index in [4.69, 9.17) is 16.3 Å². The van der Waals surface area contributed by atoms with Gasteiger partial charge in [0.05, 0.1) is 33.8 Å². The summed E-state index contributed by atoms with van der Waals surface area (Å²) in [6.45, 7) is 9.25. The molecule has 1 aromatic carbocycles. The highest BCUT2D eigenvalue weighted by atomic mass is 35.5. The number of benzene rings is 1. The minimum Gasteiger partial charge on any atom is -0.489 e. The van der Waals surface area contributed by atoms with Gasteiger partial charge in [-0.15, -0.1) is 0 Å². The zero-order valence-electron chi connectivity index (χ0n) is 18.8. The Kier molecular flexibility index (Phi) is 7.46. The fourth-order valence-corrected chi connectivity index (χ4v) is 4.38. The Morgan fingerprint density at radius 1 is 1.12 bits per heavy atom.